The molecule has 1 aromatic carbocycles. The van der Waals surface area contributed by atoms with Crippen molar-refractivity contribution in [2.75, 3.05) is 0 Å². The number of hydrogen-bond donors (Lipinski definition) is 0. The first kappa shape index (κ1) is 56.4. The molecule has 2 rings (SSSR count). The maximum Gasteiger partial charge on any atom is 0.219 e. The number of pyridine rings is 1. The molecule has 162 valence electrons. The lowest BCUT2D eigenvalue weighted by Gasteiger charge is -2.06. The standard InChI is InChI=1S/C12H11NO.2C2H6.8CH4/c1-10-6-2-3-7-11(10)14-12-8-4-5-9-13-12;2*1-2;;;;;;;;/h2-9H,1H3;2*1-2H3;8*1H4. The Balaban J connectivity index is -0.0000000324. The second-order valence-corrected chi connectivity index (χ2v) is 3.04. The molecule has 0 bridgehead atoms. The lowest BCUT2D eigenvalue weighted by molar-refractivity contribution is 0.459. The van der Waals surface area contributed by atoms with E-state index in [2.05, 4.69) is 4.98 Å². The van der Waals surface area contributed by atoms with Gasteiger partial charge in [-0.3, -0.25) is 0 Å². The van der Waals surface area contributed by atoms with Gasteiger partial charge in [-0.15, -0.1) is 0 Å². The molecule has 0 amide bonds. The molecule has 0 fully saturated rings. The van der Waals surface area contributed by atoms with Crippen molar-refractivity contribution < 1.29 is 4.74 Å². The highest BCUT2D eigenvalue weighted by Crippen LogP contribution is 2.22. The third kappa shape index (κ3) is 22.2. The number of nitrogens with zero attached hydrogens (tertiary/aromatic N) is 1. The predicted octanol–water partition coefficient (Wildman–Crippen LogP) is 10.3. The summed E-state index contributed by atoms with van der Waals surface area (Å²) in [5, 5.41) is 0. The maximum absolute atomic E-state index is 5.60. The summed E-state index contributed by atoms with van der Waals surface area (Å²) in [7, 11) is 0. The van der Waals surface area contributed by atoms with Crippen LogP contribution < -0.4 is 4.74 Å². The van der Waals surface area contributed by atoms with Gasteiger partial charge in [0.1, 0.15) is 5.75 Å². The van der Waals surface area contributed by atoms with E-state index in [1.165, 1.54) is 0 Å². The summed E-state index contributed by atoms with van der Waals surface area (Å²) in [6.45, 7) is 10.0. The van der Waals surface area contributed by atoms with Crippen molar-refractivity contribution in [1.82, 2.24) is 4.98 Å². The molecule has 0 radical (unpaired) electrons. The lowest BCUT2D eigenvalue weighted by Crippen LogP contribution is -1.88. The Kier molecular flexibility index (Phi) is 83.8. The van der Waals surface area contributed by atoms with Crippen molar-refractivity contribution in [3.63, 3.8) is 0 Å². The normalized spacial score (nSPS) is 5.73. The van der Waals surface area contributed by atoms with E-state index in [0.717, 1.165) is 11.3 Å². The van der Waals surface area contributed by atoms with Crippen LogP contribution in [0.2, 0.25) is 0 Å². The minimum Gasteiger partial charge on any atom is -0.439 e. The average Bonchev–Trinajstić information content (AvgIpc) is 2.47. The Labute approximate surface area is 170 Å². The molecule has 1 heterocycles. The second-order valence-electron chi connectivity index (χ2n) is 3.04. The van der Waals surface area contributed by atoms with Gasteiger partial charge < -0.3 is 4.74 Å². The van der Waals surface area contributed by atoms with Crippen molar-refractivity contribution in [3.8, 4) is 11.6 Å². The molecule has 0 aliphatic carbocycles. The van der Waals surface area contributed by atoms with Crippen LogP contribution in [0.15, 0.2) is 48.7 Å². The molecule has 2 nitrogen and oxygen atoms in total. The fraction of sp³-hybridized carbons (Fsp3) is 0.542. The van der Waals surface area contributed by atoms with E-state index in [9.17, 15) is 0 Å². The second kappa shape index (κ2) is 38.6. The third-order valence-electron chi connectivity index (χ3n) is 1.95. The van der Waals surface area contributed by atoms with Crippen molar-refractivity contribution >= 4 is 0 Å². The van der Waals surface area contributed by atoms with Crippen LogP contribution in [0.4, 0.5) is 0 Å². The first-order valence-corrected chi connectivity index (χ1v) is 6.51. The Morgan fingerprint density at radius 3 is 1.42 bits per heavy atom. The molecule has 2 heteroatoms. The first-order valence-electron chi connectivity index (χ1n) is 6.51. The van der Waals surface area contributed by atoms with Gasteiger partial charge in [0.25, 0.3) is 0 Å². The van der Waals surface area contributed by atoms with Crippen molar-refractivity contribution in [2.45, 2.75) is 94.0 Å². The fourth-order valence-corrected chi connectivity index (χ4v) is 1.19. The van der Waals surface area contributed by atoms with Crippen molar-refractivity contribution in [1.29, 1.82) is 0 Å². The lowest BCUT2D eigenvalue weighted by atomic mass is 10.2. The molecule has 0 aliphatic heterocycles. The number of para-hydroxylation sites is 1. The number of aryl methyl sites for hydroxylation is 1. The zero-order valence-electron chi connectivity index (χ0n) is 12.0. The molecule has 0 atom stereocenters. The molecule has 26 heavy (non-hydrogen) atoms. The van der Waals surface area contributed by atoms with E-state index in [0.29, 0.717) is 5.88 Å². The molecule has 1 aromatic heterocycles. The zero-order valence-corrected chi connectivity index (χ0v) is 12.0. The van der Waals surface area contributed by atoms with Crippen LogP contribution in [0.3, 0.4) is 0 Å². The minimum atomic E-state index is 0. The Hall–Kier alpha value is -1.83. The molecule has 0 spiro atoms. The van der Waals surface area contributed by atoms with E-state index >= 15 is 0 Å². The van der Waals surface area contributed by atoms with E-state index < -0.39 is 0 Å². The Morgan fingerprint density at radius 1 is 0.615 bits per heavy atom. The highest BCUT2D eigenvalue weighted by atomic mass is 16.5. The van der Waals surface area contributed by atoms with Crippen LogP contribution in [-0.4, -0.2) is 4.98 Å². The fourth-order valence-electron chi connectivity index (χ4n) is 1.19. The number of benzene rings is 1. The number of aromatic nitrogens is 1. The van der Waals surface area contributed by atoms with E-state index in [1.54, 1.807) is 6.20 Å². The molecule has 0 saturated heterocycles. The smallest absolute Gasteiger partial charge is 0.219 e. The summed E-state index contributed by atoms with van der Waals surface area (Å²) in [6.07, 6.45) is 1.72. The average molecular weight is 374 g/mol. The molecular weight excluding hydrogens is 318 g/mol. The summed E-state index contributed by atoms with van der Waals surface area (Å²) in [5.74, 6) is 1.48. The minimum absolute atomic E-state index is 0. The quantitative estimate of drug-likeness (QED) is 0.522. The van der Waals surface area contributed by atoms with E-state index in [-0.39, 0.29) is 59.4 Å². The van der Waals surface area contributed by atoms with Crippen LogP contribution in [-0.2, 0) is 0 Å². The van der Waals surface area contributed by atoms with Gasteiger partial charge in [-0.25, -0.2) is 4.98 Å². The van der Waals surface area contributed by atoms with Crippen molar-refractivity contribution in [3.05, 3.63) is 54.2 Å². The molecule has 0 saturated carbocycles. The summed E-state index contributed by atoms with van der Waals surface area (Å²) in [4.78, 5) is 4.09. The van der Waals surface area contributed by atoms with Gasteiger partial charge in [-0.1, -0.05) is 111 Å². The van der Waals surface area contributed by atoms with Crippen LogP contribution in [0.5, 0.6) is 11.6 Å². The topological polar surface area (TPSA) is 22.1 Å². The van der Waals surface area contributed by atoms with Gasteiger partial charge in [0.2, 0.25) is 5.88 Å². The Morgan fingerprint density at radius 2 is 1.04 bits per heavy atom. The van der Waals surface area contributed by atoms with Crippen molar-refractivity contribution in [2.24, 2.45) is 0 Å². The van der Waals surface area contributed by atoms with Gasteiger partial charge >= 0.3 is 0 Å². The zero-order chi connectivity index (χ0) is 13.8. The monoisotopic (exact) mass is 373 g/mol. The van der Waals surface area contributed by atoms with E-state index in [1.807, 2.05) is 77.1 Å². The van der Waals surface area contributed by atoms with Gasteiger partial charge in [0, 0.05) is 12.3 Å². The third-order valence-corrected chi connectivity index (χ3v) is 1.95. The van der Waals surface area contributed by atoms with Crippen LogP contribution in [0, 0.1) is 6.92 Å². The van der Waals surface area contributed by atoms with Crippen LogP contribution >= 0.6 is 0 Å². The van der Waals surface area contributed by atoms with E-state index in [4.69, 9.17) is 4.74 Å². The van der Waals surface area contributed by atoms with Gasteiger partial charge in [-0.05, 0) is 24.6 Å². The van der Waals surface area contributed by atoms with Gasteiger partial charge in [0.05, 0.1) is 0 Å². The summed E-state index contributed by atoms with van der Waals surface area (Å²) in [5.41, 5.74) is 1.11. The van der Waals surface area contributed by atoms with Crippen LogP contribution in [0.1, 0.15) is 92.7 Å². The summed E-state index contributed by atoms with van der Waals surface area (Å²) >= 11 is 0. The number of rotatable bonds is 2. The largest absolute Gasteiger partial charge is 0.439 e. The molecule has 0 aliphatic rings. The molecule has 0 unspecified atom stereocenters. The summed E-state index contributed by atoms with van der Waals surface area (Å²) in [6, 6.07) is 13.5. The van der Waals surface area contributed by atoms with Crippen LogP contribution in [0.25, 0.3) is 0 Å². The molecule has 0 N–H and O–H groups in total. The maximum atomic E-state index is 5.60. The highest BCUT2D eigenvalue weighted by molar-refractivity contribution is 5.34. The molecule has 2 aromatic rings. The SMILES string of the molecule is C.C.C.C.C.C.C.C.CC.CC.Cc1ccccc1Oc1ccccn1. The number of ether oxygens (including phenoxy) is 1. The summed E-state index contributed by atoms with van der Waals surface area (Å²) < 4.78 is 5.60. The van der Waals surface area contributed by atoms with Gasteiger partial charge in [0.15, 0.2) is 0 Å². The molecular formula is C24H55NO. The number of hydrogen-bond acceptors (Lipinski definition) is 2. The Bertz CT molecular complexity index is 414. The highest BCUT2D eigenvalue weighted by Gasteiger charge is 1.99. The first-order chi connectivity index (χ1) is 8.86. The van der Waals surface area contributed by atoms with Gasteiger partial charge in [-0.2, -0.15) is 0 Å². The predicted molar refractivity (Wildman–Crippen MR) is 132 cm³/mol.